The average Bonchev–Trinajstić information content (AvgIpc) is 3.05. The number of anilines is 1. The van der Waals surface area contributed by atoms with E-state index >= 15 is 0 Å². The molecule has 2 heterocycles. The molecule has 140 valence electrons. The average molecular weight is 358 g/mol. The van der Waals surface area contributed by atoms with Gasteiger partial charge in [0.25, 0.3) is 11.8 Å². The van der Waals surface area contributed by atoms with Crippen molar-refractivity contribution in [2.24, 2.45) is 0 Å². The Bertz CT molecular complexity index is 698. The number of fused-ring (bicyclic) bond motifs is 1. The number of benzene rings is 1. The summed E-state index contributed by atoms with van der Waals surface area (Å²) in [5, 5.41) is 0.617. The van der Waals surface area contributed by atoms with E-state index in [1.165, 1.54) is 11.3 Å². The largest absolute Gasteiger partial charge is 0.370 e. The lowest BCUT2D eigenvalue weighted by atomic mass is 9.87. The number of hydrogen-bond acceptors (Lipinski definition) is 5. The smallest absolute Gasteiger partial charge is 0.333 e. The maximum Gasteiger partial charge on any atom is 0.333 e. The number of imide groups is 1. The van der Waals surface area contributed by atoms with E-state index in [1.807, 2.05) is 0 Å². The summed E-state index contributed by atoms with van der Waals surface area (Å²) in [6.45, 7) is 6.50. The van der Waals surface area contributed by atoms with Gasteiger partial charge in [-0.15, -0.1) is 5.06 Å². The van der Waals surface area contributed by atoms with E-state index in [0.29, 0.717) is 11.5 Å². The van der Waals surface area contributed by atoms with Gasteiger partial charge in [0.2, 0.25) is 0 Å². The predicted molar refractivity (Wildman–Crippen MR) is 97.3 cm³/mol. The molecule has 1 fully saturated rings. The Labute approximate surface area is 154 Å². The molecule has 0 aliphatic carbocycles. The molecule has 1 aromatic carbocycles. The SMILES string of the molecule is CC1(C)CN(CCCCCC(=O)ON2C(=O)CCC2=O)c2ccccc21. The quantitative estimate of drug-likeness (QED) is 0.554. The van der Waals surface area contributed by atoms with Gasteiger partial charge in [-0.3, -0.25) is 9.59 Å². The van der Waals surface area contributed by atoms with Crippen molar-refractivity contribution in [1.82, 2.24) is 5.06 Å². The van der Waals surface area contributed by atoms with Gasteiger partial charge >= 0.3 is 5.97 Å². The topological polar surface area (TPSA) is 66.9 Å². The lowest BCUT2D eigenvalue weighted by molar-refractivity contribution is -0.197. The van der Waals surface area contributed by atoms with Crippen LogP contribution in [-0.4, -0.2) is 35.9 Å². The molecule has 1 aromatic rings. The third-order valence-electron chi connectivity index (χ3n) is 5.07. The minimum absolute atomic E-state index is 0.125. The number of carbonyl (C=O) groups excluding carboxylic acids is 3. The van der Waals surface area contributed by atoms with Crippen LogP contribution in [0.5, 0.6) is 0 Å². The summed E-state index contributed by atoms with van der Waals surface area (Å²) in [6.07, 6.45) is 3.04. The van der Waals surface area contributed by atoms with Crippen LogP contribution in [0.15, 0.2) is 24.3 Å². The first-order valence-corrected chi connectivity index (χ1v) is 9.29. The van der Waals surface area contributed by atoms with Crippen LogP contribution in [0.1, 0.15) is 57.9 Å². The fourth-order valence-corrected chi connectivity index (χ4v) is 3.72. The number of amides is 2. The molecule has 0 unspecified atom stereocenters. The van der Waals surface area contributed by atoms with Crippen LogP contribution in [-0.2, 0) is 24.6 Å². The van der Waals surface area contributed by atoms with Gasteiger partial charge in [-0.05, 0) is 24.5 Å². The Balaban J connectivity index is 1.38. The molecule has 6 nitrogen and oxygen atoms in total. The van der Waals surface area contributed by atoms with Crippen LogP contribution in [0.25, 0.3) is 0 Å². The van der Waals surface area contributed by atoms with Gasteiger partial charge in [-0.25, -0.2) is 4.79 Å². The first-order valence-electron chi connectivity index (χ1n) is 9.29. The molecule has 0 saturated carbocycles. The summed E-state index contributed by atoms with van der Waals surface area (Å²) in [7, 11) is 0. The van der Waals surface area contributed by atoms with Crippen molar-refractivity contribution in [2.45, 2.75) is 57.8 Å². The summed E-state index contributed by atoms with van der Waals surface area (Å²) >= 11 is 0. The molecule has 2 aliphatic heterocycles. The monoisotopic (exact) mass is 358 g/mol. The fourth-order valence-electron chi connectivity index (χ4n) is 3.72. The predicted octanol–water partition coefficient (Wildman–Crippen LogP) is 2.95. The number of para-hydroxylation sites is 1. The highest BCUT2D eigenvalue weighted by Crippen LogP contribution is 2.40. The minimum atomic E-state index is -0.513. The molecule has 0 N–H and O–H groups in total. The molecule has 0 aromatic heterocycles. The van der Waals surface area contributed by atoms with Crippen LogP contribution < -0.4 is 4.90 Å². The van der Waals surface area contributed by atoms with Gasteiger partial charge < -0.3 is 9.74 Å². The Morgan fingerprint density at radius 3 is 2.50 bits per heavy atom. The van der Waals surface area contributed by atoms with Crippen molar-refractivity contribution in [3.8, 4) is 0 Å². The van der Waals surface area contributed by atoms with E-state index in [2.05, 4.69) is 43.0 Å². The third kappa shape index (κ3) is 3.89. The molecule has 0 spiro atoms. The van der Waals surface area contributed by atoms with Crippen molar-refractivity contribution in [1.29, 1.82) is 0 Å². The molecule has 3 rings (SSSR count). The van der Waals surface area contributed by atoms with Gasteiger partial charge in [0, 0.05) is 43.5 Å². The maximum absolute atomic E-state index is 11.8. The highest BCUT2D eigenvalue weighted by Gasteiger charge is 2.34. The van der Waals surface area contributed by atoms with Gasteiger partial charge in [-0.2, -0.15) is 0 Å². The zero-order chi connectivity index (χ0) is 18.7. The molecule has 0 atom stereocenters. The Morgan fingerprint density at radius 1 is 1.08 bits per heavy atom. The number of unbranched alkanes of at least 4 members (excludes halogenated alkanes) is 2. The molecule has 0 radical (unpaired) electrons. The number of hydroxylamine groups is 2. The van der Waals surface area contributed by atoms with Crippen LogP contribution in [0.2, 0.25) is 0 Å². The van der Waals surface area contributed by atoms with Crippen molar-refractivity contribution < 1.29 is 19.2 Å². The molecule has 2 amide bonds. The van der Waals surface area contributed by atoms with Crippen molar-refractivity contribution in [3.63, 3.8) is 0 Å². The van der Waals surface area contributed by atoms with E-state index in [4.69, 9.17) is 4.84 Å². The van der Waals surface area contributed by atoms with Crippen LogP contribution in [0, 0.1) is 0 Å². The lowest BCUT2D eigenvalue weighted by Gasteiger charge is -2.22. The lowest BCUT2D eigenvalue weighted by Crippen LogP contribution is -2.32. The fraction of sp³-hybridized carbons (Fsp3) is 0.550. The third-order valence-corrected chi connectivity index (χ3v) is 5.07. The Morgan fingerprint density at radius 2 is 1.77 bits per heavy atom. The minimum Gasteiger partial charge on any atom is -0.370 e. The highest BCUT2D eigenvalue weighted by atomic mass is 16.7. The van der Waals surface area contributed by atoms with E-state index in [1.54, 1.807) is 0 Å². The molecular weight excluding hydrogens is 332 g/mol. The molecular formula is C20H26N2O4. The Hall–Kier alpha value is -2.37. The van der Waals surface area contributed by atoms with Gasteiger partial charge in [0.15, 0.2) is 0 Å². The molecule has 2 aliphatic rings. The first kappa shape index (κ1) is 18.4. The van der Waals surface area contributed by atoms with Crippen molar-refractivity contribution in [3.05, 3.63) is 29.8 Å². The second-order valence-corrected chi connectivity index (χ2v) is 7.68. The summed E-state index contributed by atoms with van der Waals surface area (Å²) in [5.74, 6) is -1.38. The standard InChI is InChI=1S/C20H26N2O4/c1-20(2)14-21(16-9-6-5-8-15(16)20)13-7-3-4-10-19(25)26-22-17(23)11-12-18(22)24/h5-6,8-9H,3-4,7,10-14H2,1-2H3. The summed E-state index contributed by atoms with van der Waals surface area (Å²) < 4.78 is 0. The van der Waals surface area contributed by atoms with Crippen LogP contribution in [0.4, 0.5) is 5.69 Å². The van der Waals surface area contributed by atoms with Crippen LogP contribution in [0.3, 0.4) is 0 Å². The number of rotatable bonds is 7. The second kappa shape index (κ2) is 7.48. The van der Waals surface area contributed by atoms with Gasteiger partial charge in [0.05, 0.1) is 0 Å². The normalized spacial score (nSPS) is 18.4. The maximum atomic E-state index is 11.8. The summed E-state index contributed by atoms with van der Waals surface area (Å²) in [5.41, 5.74) is 2.86. The van der Waals surface area contributed by atoms with Crippen molar-refractivity contribution >= 4 is 23.5 Å². The Kier molecular flexibility index (Phi) is 5.30. The summed E-state index contributed by atoms with van der Waals surface area (Å²) in [4.78, 5) is 41.9. The van der Waals surface area contributed by atoms with E-state index in [9.17, 15) is 14.4 Å². The zero-order valence-electron chi connectivity index (χ0n) is 15.5. The van der Waals surface area contributed by atoms with Crippen molar-refractivity contribution in [2.75, 3.05) is 18.0 Å². The number of nitrogens with zero attached hydrogens (tertiary/aromatic N) is 2. The zero-order valence-corrected chi connectivity index (χ0v) is 15.5. The highest BCUT2D eigenvalue weighted by molar-refractivity contribution is 6.01. The molecule has 1 saturated heterocycles. The van der Waals surface area contributed by atoms with E-state index < -0.39 is 17.8 Å². The first-order chi connectivity index (χ1) is 12.4. The van der Waals surface area contributed by atoms with Crippen LogP contribution >= 0.6 is 0 Å². The second-order valence-electron chi connectivity index (χ2n) is 7.68. The van der Waals surface area contributed by atoms with E-state index in [-0.39, 0.29) is 24.7 Å². The molecule has 26 heavy (non-hydrogen) atoms. The molecule has 6 heteroatoms. The molecule has 0 bridgehead atoms. The van der Waals surface area contributed by atoms with Gasteiger partial charge in [0.1, 0.15) is 0 Å². The van der Waals surface area contributed by atoms with E-state index in [0.717, 1.165) is 25.9 Å². The number of hydrogen-bond donors (Lipinski definition) is 0. The summed E-state index contributed by atoms with van der Waals surface area (Å²) in [6, 6.07) is 8.54. The number of carbonyl (C=O) groups is 3. The van der Waals surface area contributed by atoms with Gasteiger partial charge in [-0.1, -0.05) is 38.5 Å².